The molecule has 37 heavy (non-hydrogen) atoms. The molecule has 204 valence electrons. The summed E-state index contributed by atoms with van der Waals surface area (Å²) in [5.74, 6) is -3.11. The number of hydrogen-bond acceptors (Lipinski definition) is 3. The van der Waals surface area contributed by atoms with Crippen molar-refractivity contribution in [2.24, 2.45) is 17.3 Å². The zero-order valence-corrected chi connectivity index (χ0v) is 20.8. The maximum absolute atomic E-state index is 14.1. The van der Waals surface area contributed by atoms with Crippen molar-refractivity contribution in [2.45, 2.75) is 83.4 Å². The number of halogens is 6. The number of alkyl halides is 6. The van der Waals surface area contributed by atoms with Crippen LogP contribution in [-0.2, 0) is 11.0 Å². The van der Waals surface area contributed by atoms with E-state index in [0.717, 1.165) is 5.56 Å². The average Bonchev–Trinajstić information content (AvgIpc) is 2.79. The Labute approximate surface area is 211 Å². The normalized spacial score (nSPS) is 26.9. The minimum absolute atomic E-state index is 0.0418. The minimum Gasteiger partial charge on any atom is -0.490 e. The zero-order valence-electron chi connectivity index (χ0n) is 20.8. The summed E-state index contributed by atoms with van der Waals surface area (Å²) in [7, 11) is 0. The predicted molar refractivity (Wildman–Crippen MR) is 126 cm³/mol. The van der Waals surface area contributed by atoms with Gasteiger partial charge in [-0.1, -0.05) is 32.0 Å². The molecule has 3 atom stereocenters. The van der Waals surface area contributed by atoms with Gasteiger partial charge in [-0.05, 0) is 72.9 Å². The van der Waals surface area contributed by atoms with Crippen molar-refractivity contribution in [3.8, 4) is 5.75 Å². The second-order valence-electron chi connectivity index (χ2n) is 10.9. The van der Waals surface area contributed by atoms with Crippen LogP contribution in [0.15, 0.2) is 30.3 Å². The van der Waals surface area contributed by atoms with Crippen molar-refractivity contribution in [1.82, 2.24) is 5.32 Å². The van der Waals surface area contributed by atoms with Crippen LogP contribution in [0.2, 0.25) is 0 Å². The van der Waals surface area contributed by atoms with Gasteiger partial charge in [-0.2, -0.15) is 26.3 Å². The van der Waals surface area contributed by atoms with Crippen molar-refractivity contribution in [1.29, 1.82) is 0 Å². The van der Waals surface area contributed by atoms with E-state index >= 15 is 0 Å². The Morgan fingerprint density at radius 3 is 2.24 bits per heavy atom. The number of carbonyl (C=O) groups is 1. The van der Waals surface area contributed by atoms with Gasteiger partial charge in [0.05, 0.1) is 17.9 Å². The van der Waals surface area contributed by atoms with Gasteiger partial charge in [0.1, 0.15) is 11.3 Å². The molecule has 0 saturated heterocycles. The Kier molecular flexibility index (Phi) is 7.20. The third-order valence-electron chi connectivity index (χ3n) is 8.24. The summed E-state index contributed by atoms with van der Waals surface area (Å²) in [5, 5.41) is 13.1. The van der Waals surface area contributed by atoms with Gasteiger partial charge in [-0.15, -0.1) is 0 Å². The molecule has 2 fully saturated rings. The topological polar surface area (TPSA) is 58.6 Å². The average molecular weight is 532 g/mol. The number of nitrogens with one attached hydrogen (secondary N) is 1. The van der Waals surface area contributed by atoms with Gasteiger partial charge in [0.15, 0.2) is 0 Å². The van der Waals surface area contributed by atoms with Crippen LogP contribution < -0.4 is 10.1 Å². The minimum atomic E-state index is -4.72. The molecule has 10 heteroatoms. The van der Waals surface area contributed by atoms with Crippen LogP contribution in [-0.4, -0.2) is 29.4 Å². The van der Waals surface area contributed by atoms with E-state index in [9.17, 15) is 36.2 Å². The summed E-state index contributed by atoms with van der Waals surface area (Å²) < 4.78 is 86.9. The number of rotatable bonds is 6. The summed E-state index contributed by atoms with van der Waals surface area (Å²) in [6, 6.07) is 7.17. The summed E-state index contributed by atoms with van der Waals surface area (Å²) >= 11 is 0. The highest BCUT2D eigenvalue weighted by Crippen LogP contribution is 2.48. The largest absolute Gasteiger partial charge is 0.490 e. The maximum Gasteiger partial charge on any atom is 0.420 e. The van der Waals surface area contributed by atoms with Gasteiger partial charge in [0, 0.05) is 12.1 Å². The molecular weight excluding hydrogens is 500 g/mol. The molecule has 2 aliphatic carbocycles. The second-order valence-corrected chi connectivity index (χ2v) is 10.9. The molecule has 3 unspecified atom stereocenters. The monoisotopic (exact) mass is 531 g/mol. The third kappa shape index (κ3) is 5.54. The van der Waals surface area contributed by atoms with E-state index in [1.54, 1.807) is 12.1 Å². The lowest BCUT2D eigenvalue weighted by molar-refractivity contribution is -0.185. The van der Waals surface area contributed by atoms with Gasteiger partial charge in [0.25, 0.3) is 0 Å². The van der Waals surface area contributed by atoms with Crippen LogP contribution in [0.5, 0.6) is 5.75 Å². The molecule has 2 aliphatic rings. The molecule has 0 bridgehead atoms. The summed E-state index contributed by atoms with van der Waals surface area (Å²) in [4.78, 5) is 11.4. The molecular formula is C27H31F6NO3. The lowest BCUT2D eigenvalue weighted by Gasteiger charge is -2.51. The molecule has 0 aromatic heterocycles. The van der Waals surface area contributed by atoms with Gasteiger partial charge < -0.3 is 15.2 Å². The quantitative estimate of drug-likeness (QED) is 0.379. The van der Waals surface area contributed by atoms with E-state index in [1.165, 1.54) is 18.2 Å². The SMILES string of the molecule is CC(NC1CC(C(=O)O)C1(C)C)c1ccc2c(C(F)(F)F)c(O[C@H]3CC[C@@H](C(F)(F)F)CC3)ccc2c1. The standard InChI is InChI=1S/C27H31F6NO3/c1-14(34-22-13-20(24(35)36)25(22,2)3)15-4-10-19-16(12-15)5-11-21(23(19)27(31,32)33)37-18-8-6-17(7-9-18)26(28,29)30/h4-5,10-12,14,17-18,20,22,34H,6-9,13H2,1-3H3,(H,35,36)/t14?,17-,18+,20?,22?. The number of benzene rings is 2. The number of aliphatic carboxylic acids is 1. The molecule has 0 aliphatic heterocycles. The first-order chi connectivity index (χ1) is 17.1. The highest BCUT2D eigenvalue weighted by Gasteiger charge is 2.52. The van der Waals surface area contributed by atoms with E-state index < -0.39 is 47.2 Å². The Balaban J connectivity index is 1.54. The number of ether oxygens (including phenoxy) is 1. The fourth-order valence-electron chi connectivity index (χ4n) is 5.70. The van der Waals surface area contributed by atoms with Crippen molar-refractivity contribution < 1.29 is 41.0 Å². The summed E-state index contributed by atoms with van der Waals surface area (Å²) in [5.41, 5.74) is -0.625. The van der Waals surface area contributed by atoms with Crippen LogP contribution in [0.25, 0.3) is 10.8 Å². The van der Waals surface area contributed by atoms with Gasteiger partial charge >= 0.3 is 18.3 Å². The molecule has 2 saturated carbocycles. The van der Waals surface area contributed by atoms with Crippen LogP contribution in [0.4, 0.5) is 26.3 Å². The zero-order chi connectivity index (χ0) is 27.3. The summed E-state index contributed by atoms with van der Waals surface area (Å²) in [6.07, 6.45) is -9.49. The van der Waals surface area contributed by atoms with Gasteiger partial charge in [-0.3, -0.25) is 4.79 Å². The Morgan fingerprint density at radius 2 is 1.70 bits per heavy atom. The van der Waals surface area contributed by atoms with Gasteiger partial charge in [0.2, 0.25) is 0 Å². The van der Waals surface area contributed by atoms with E-state index in [-0.39, 0.29) is 48.9 Å². The predicted octanol–water partition coefficient (Wildman–Crippen LogP) is 7.51. The highest BCUT2D eigenvalue weighted by molar-refractivity contribution is 5.89. The molecule has 2 N–H and O–H groups in total. The highest BCUT2D eigenvalue weighted by atomic mass is 19.4. The maximum atomic E-state index is 14.1. The fourth-order valence-corrected chi connectivity index (χ4v) is 5.70. The third-order valence-corrected chi connectivity index (χ3v) is 8.24. The molecule has 0 heterocycles. The van der Waals surface area contributed by atoms with E-state index in [0.29, 0.717) is 11.8 Å². The van der Waals surface area contributed by atoms with Crippen molar-refractivity contribution in [3.63, 3.8) is 0 Å². The van der Waals surface area contributed by atoms with Crippen molar-refractivity contribution in [3.05, 3.63) is 41.5 Å². The summed E-state index contributed by atoms with van der Waals surface area (Å²) in [6.45, 7) is 5.64. The lowest BCUT2D eigenvalue weighted by atomic mass is 9.58. The Bertz CT molecular complexity index is 1150. The molecule has 4 rings (SSSR count). The smallest absolute Gasteiger partial charge is 0.420 e. The molecule has 0 radical (unpaired) electrons. The first kappa shape index (κ1) is 27.5. The van der Waals surface area contributed by atoms with E-state index in [4.69, 9.17) is 4.74 Å². The van der Waals surface area contributed by atoms with Crippen LogP contribution in [0, 0.1) is 17.3 Å². The number of carboxylic acid groups (broad SMARTS) is 1. The number of fused-ring (bicyclic) bond motifs is 1. The van der Waals surface area contributed by atoms with E-state index in [2.05, 4.69) is 5.32 Å². The molecule has 0 spiro atoms. The molecule has 4 nitrogen and oxygen atoms in total. The number of hydrogen-bond donors (Lipinski definition) is 2. The van der Waals surface area contributed by atoms with Crippen LogP contribution in [0.1, 0.15) is 70.0 Å². The van der Waals surface area contributed by atoms with Crippen molar-refractivity contribution >= 4 is 16.7 Å². The van der Waals surface area contributed by atoms with Crippen molar-refractivity contribution in [2.75, 3.05) is 0 Å². The van der Waals surface area contributed by atoms with Gasteiger partial charge in [-0.25, -0.2) is 0 Å². The first-order valence-corrected chi connectivity index (χ1v) is 12.4. The van der Waals surface area contributed by atoms with E-state index in [1.807, 2.05) is 20.8 Å². The van der Waals surface area contributed by atoms with Crippen LogP contribution in [0.3, 0.4) is 0 Å². The Hall–Kier alpha value is -2.49. The molecule has 0 amide bonds. The first-order valence-electron chi connectivity index (χ1n) is 12.4. The fraction of sp³-hybridized carbons (Fsp3) is 0.593. The molecule has 2 aromatic carbocycles. The molecule has 2 aromatic rings. The second kappa shape index (κ2) is 9.67. The number of carboxylic acids is 1. The van der Waals surface area contributed by atoms with Crippen LogP contribution >= 0.6 is 0 Å². The Morgan fingerprint density at radius 1 is 1.05 bits per heavy atom. The lowest BCUT2D eigenvalue weighted by Crippen LogP contribution is -2.59.